The first-order valence-corrected chi connectivity index (χ1v) is 10.5. The molecule has 2 aromatic rings. The number of carbonyl (C=O) groups is 1. The van der Waals surface area contributed by atoms with Crippen molar-refractivity contribution in [2.45, 2.75) is 39.3 Å². The molecule has 0 aromatic heterocycles. The average Bonchev–Trinajstić information content (AvgIpc) is 2.72. The molecular weight excluding hydrogens is 383 g/mol. The Kier molecular flexibility index (Phi) is 7.32. The highest BCUT2D eigenvalue weighted by molar-refractivity contribution is 5.76. The second kappa shape index (κ2) is 9.94. The van der Waals surface area contributed by atoms with Gasteiger partial charge in [0.25, 0.3) is 0 Å². The molecule has 1 amide bonds. The van der Waals surface area contributed by atoms with Gasteiger partial charge >= 0.3 is 0 Å². The summed E-state index contributed by atoms with van der Waals surface area (Å²) < 4.78 is 24.3. The lowest BCUT2D eigenvalue weighted by Gasteiger charge is -2.35. The highest BCUT2D eigenvalue weighted by Gasteiger charge is 2.33. The number of fused-ring (bicyclic) bond motifs is 1. The quantitative estimate of drug-likeness (QED) is 0.697. The lowest BCUT2D eigenvalue weighted by Crippen LogP contribution is -3.12. The Morgan fingerprint density at radius 1 is 1.17 bits per heavy atom. The minimum Gasteiger partial charge on any atom is -0.493 e. The van der Waals surface area contributed by atoms with E-state index in [1.807, 2.05) is 38.1 Å². The van der Waals surface area contributed by atoms with Crippen LogP contribution in [0.4, 0.5) is 4.39 Å². The molecule has 0 saturated carbocycles. The van der Waals surface area contributed by atoms with Gasteiger partial charge in [-0.1, -0.05) is 26.0 Å². The normalized spacial score (nSPS) is 18.1. The van der Waals surface area contributed by atoms with Crippen LogP contribution in [-0.4, -0.2) is 33.2 Å². The topological polar surface area (TPSA) is 52.0 Å². The Balaban J connectivity index is 1.88. The van der Waals surface area contributed by atoms with E-state index in [1.54, 1.807) is 14.2 Å². The van der Waals surface area contributed by atoms with Crippen LogP contribution in [-0.2, 0) is 17.8 Å². The number of ether oxygens (including phenoxy) is 2. The zero-order valence-electron chi connectivity index (χ0n) is 18.3. The van der Waals surface area contributed by atoms with Crippen LogP contribution >= 0.6 is 0 Å². The van der Waals surface area contributed by atoms with Gasteiger partial charge in [0.2, 0.25) is 5.91 Å². The van der Waals surface area contributed by atoms with Crippen LogP contribution in [0.5, 0.6) is 11.5 Å². The Bertz CT molecular complexity index is 867. The second-order valence-corrected chi connectivity index (χ2v) is 8.32. The van der Waals surface area contributed by atoms with E-state index in [2.05, 4.69) is 5.32 Å². The van der Waals surface area contributed by atoms with Crippen molar-refractivity contribution in [2.75, 3.05) is 27.3 Å². The number of halogens is 1. The van der Waals surface area contributed by atoms with E-state index >= 15 is 0 Å². The molecule has 1 heterocycles. The first-order chi connectivity index (χ1) is 14.4. The number of hydrogen-bond donors (Lipinski definition) is 2. The fourth-order valence-electron chi connectivity index (χ4n) is 4.16. The number of benzene rings is 2. The molecule has 6 heteroatoms. The molecule has 2 aromatic carbocycles. The number of rotatable bonds is 8. The predicted octanol–water partition coefficient (Wildman–Crippen LogP) is 2.69. The van der Waals surface area contributed by atoms with Gasteiger partial charge in [0.1, 0.15) is 18.4 Å². The van der Waals surface area contributed by atoms with Crippen molar-refractivity contribution < 1.29 is 23.6 Å². The molecule has 0 radical (unpaired) electrons. The van der Waals surface area contributed by atoms with Gasteiger partial charge in [-0.2, -0.15) is 0 Å². The van der Waals surface area contributed by atoms with E-state index in [1.165, 1.54) is 28.2 Å². The molecule has 162 valence electrons. The molecule has 30 heavy (non-hydrogen) atoms. The first kappa shape index (κ1) is 22.1. The molecule has 0 saturated heterocycles. The lowest BCUT2D eigenvalue weighted by molar-refractivity contribution is -0.945. The third-order valence-corrected chi connectivity index (χ3v) is 5.67. The van der Waals surface area contributed by atoms with Crippen LogP contribution in [0.25, 0.3) is 0 Å². The summed E-state index contributed by atoms with van der Waals surface area (Å²) in [4.78, 5) is 13.7. The van der Waals surface area contributed by atoms with Crippen molar-refractivity contribution >= 4 is 5.91 Å². The molecule has 0 aliphatic carbocycles. The van der Waals surface area contributed by atoms with E-state index in [0.29, 0.717) is 24.6 Å². The smallest absolute Gasteiger partial charge is 0.220 e. The summed E-state index contributed by atoms with van der Waals surface area (Å²) >= 11 is 0. The number of quaternary nitrogens is 1. The summed E-state index contributed by atoms with van der Waals surface area (Å²) in [6, 6.07) is 10.8. The van der Waals surface area contributed by atoms with E-state index in [-0.39, 0.29) is 17.8 Å². The molecule has 1 aliphatic rings. The summed E-state index contributed by atoms with van der Waals surface area (Å²) in [6.07, 6.45) is 1.42. The highest BCUT2D eigenvalue weighted by Crippen LogP contribution is 2.34. The zero-order chi connectivity index (χ0) is 21.7. The van der Waals surface area contributed by atoms with Crippen LogP contribution in [0.15, 0.2) is 36.4 Å². The highest BCUT2D eigenvalue weighted by atomic mass is 19.1. The van der Waals surface area contributed by atoms with Crippen LogP contribution < -0.4 is 19.7 Å². The summed E-state index contributed by atoms with van der Waals surface area (Å²) in [5.41, 5.74) is 3.47. The predicted molar refractivity (Wildman–Crippen MR) is 114 cm³/mol. The second-order valence-electron chi connectivity index (χ2n) is 8.32. The summed E-state index contributed by atoms with van der Waals surface area (Å²) in [5, 5.41) is 3.12. The zero-order valence-corrected chi connectivity index (χ0v) is 18.3. The Hall–Kier alpha value is -2.60. The van der Waals surface area contributed by atoms with Crippen LogP contribution in [0, 0.1) is 11.7 Å². The van der Waals surface area contributed by atoms with Crippen molar-refractivity contribution in [1.29, 1.82) is 0 Å². The van der Waals surface area contributed by atoms with Crippen molar-refractivity contribution in [1.82, 2.24) is 5.32 Å². The van der Waals surface area contributed by atoms with Crippen molar-refractivity contribution in [3.05, 3.63) is 58.9 Å². The molecule has 0 bridgehead atoms. The first-order valence-electron chi connectivity index (χ1n) is 10.5. The van der Waals surface area contributed by atoms with Gasteiger partial charge in [-0.15, -0.1) is 0 Å². The van der Waals surface area contributed by atoms with Crippen LogP contribution in [0.2, 0.25) is 0 Å². The number of amides is 1. The Labute approximate surface area is 178 Å². The molecule has 5 nitrogen and oxygen atoms in total. The standard InChI is InChI=1S/C24H31FN2O3/c1-16(2)11-24(28)26-14-21-20-13-23(30-4)22(29-3)12-18(20)9-10-27(21)15-17-5-7-19(25)8-6-17/h5-8,12-13,16,21H,9-11,14-15H2,1-4H3,(H,26,28)/p+1/t21-/m0/s1. The van der Waals surface area contributed by atoms with E-state index < -0.39 is 0 Å². The molecule has 2 atom stereocenters. The molecule has 1 unspecified atom stereocenters. The van der Waals surface area contributed by atoms with Gasteiger partial charge in [0.05, 0.1) is 27.3 Å². The van der Waals surface area contributed by atoms with Gasteiger partial charge < -0.3 is 19.7 Å². The molecule has 3 rings (SSSR count). The number of carbonyl (C=O) groups excluding carboxylic acids is 1. The Morgan fingerprint density at radius 3 is 2.47 bits per heavy atom. The van der Waals surface area contributed by atoms with E-state index in [9.17, 15) is 9.18 Å². The number of methoxy groups -OCH3 is 2. The van der Waals surface area contributed by atoms with Gasteiger partial charge in [-0.3, -0.25) is 4.79 Å². The maximum absolute atomic E-state index is 13.3. The van der Waals surface area contributed by atoms with E-state index in [0.717, 1.165) is 30.8 Å². The summed E-state index contributed by atoms with van der Waals surface area (Å²) in [6.45, 7) is 6.31. The SMILES string of the molecule is COc1cc2c(cc1OC)[C@H](CNC(=O)CC(C)C)[NH+](Cc1ccc(F)cc1)CC2. The van der Waals surface area contributed by atoms with Gasteiger partial charge in [0, 0.05) is 24.0 Å². The number of hydrogen-bond acceptors (Lipinski definition) is 3. The minimum absolute atomic E-state index is 0.0683. The van der Waals surface area contributed by atoms with Crippen molar-refractivity contribution in [3.63, 3.8) is 0 Å². The third kappa shape index (κ3) is 5.30. The summed E-state index contributed by atoms with van der Waals surface area (Å²) in [5.74, 6) is 1.57. The van der Waals surface area contributed by atoms with Crippen molar-refractivity contribution in [3.8, 4) is 11.5 Å². The molecule has 0 fully saturated rings. The molecular formula is C24H32FN2O3+. The Morgan fingerprint density at radius 2 is 1.83 bits per heavy atom. The maximum atomic E-state index is 13.3. The molecule has 2 N–H and O–H groups in total. The van der Waals surface area contributed by atoms with Crippen LogP contribution in [0.1, 0.15) is 43.0 Å². The number of nitrogens with one attached hydrogen (secondary N) is 2. The van der Waals surface area contributed by atoms with E-state index in [4.69, 9.17) is 9.47 Å². The average molecular weight is 416 g/mol. The lowest BCUT2D eigenvalue weighted by atomic mass is 9.91. The fourth-order valence-corrected chi connectivity index (χ4v) is 4.16. The van der Waals surface area contributed by atoms with Gasteiger partial charge in [-0.25, -0.2) is 4.39 Å². The molecule has 1 aliphatic heterocycles. The van der Waals surface area contributed by atoms with Crippen molar-refractivity contribution in [2.24, 2.45) is 5.92 Å². The third-order valence-electron chi connectivity index (χ3n) is 5.67. The largest absolute Gasteiger partial charge is 0.493 e. The summed E-state index contributed by atoms with van der Waals surface area (Å²) in [7, 11) is 3.28. The van der Waals surface area contributed by atoms with Gasteiger partial charge in [0.15, 0.2) is 11.5 Å². The minimum atomic E-state index is -0.230. The molecule has 0 spiro atoms. The monoisotopic (exact) mass is 415 g/mol. The van der Waals surface area contributed by atoms with Crippen LogP contribution in [0.3, 0.4) is 0 Å². The maximum Gasteiger partial charge on any atom is 0.220 e. The van der Waals surface area contributed by atoms with Gasteiger partial charge in [-0.05, 0) is 35.7 Å². The fraction of sp³-hybridized carbons (Fsp3) is 0.458.